The molecule has 2 atom stereocenters. The van der Waals surface area contributed by atoms with Gasteiger partial charge in [0.25, 0.3) is 11.5 Å². The first-order valence-electron chi connectivity index (χ1n) is 11.5. The minimum Gasteiger partial charge on any atom is -0.348 e. The monoisotopic (exact) mass is 526 g/mol. The number of fused-ring (bicyclic) bond motifs is 1. The number of hydrogen-bond donors (Lipinski definition) is 1. The van der Waals surface area contributed by atoms with E-state index in [-0.39, 0.29) is 30.5 Å². The van der Waals surface area contributed by atoms with Crippen molar-refractivity contribution in [2.45, 2.75) is 32.5 Å². The van der Waals surface area contributed by atoms with Gasteiger partial charge in [0.05, 0.1) is 37.1 Å². The van der Waals surface area contributed by atoms with Crippen molar-refractivity contribution in [3.63, 3.8) is 0 Å². The second kappa shape index (κ2) is 11.2. The topological polar surface area (TPSA) is 67.2 Å². The van der Waals surface area contributed by atoms with Crippen LogP contribution in [0.5, 0.6) is 0 Å². The molecule has 36 heavy (non-hydrogen) atoms. The molecule has 1 aliphatic rings. The van der Waals surface area contributed by atoms with Gasteiger partial charge in [-0.25, -0.2) is 4.98 Å². The van der Waals surface area contributed by atoms with Crippen molar-refractivity contribution in [3.05, 3.63) is 91.3 Å². The quantitative estimate of drug-likeness (QED) is 0.432. The molecular weight excluding hydrogens is 502 g/mol. The zero-order valence-electron chi connectivity index (χ0n) is 19.7. The first-order valence-corrected chi connectivity index (χ1v) is 12.3. The van der Waals surface area contributed by atoms with E-state index in [9.17, 15) is 14.0 Å². The number of benzene rings is 2. The van der Waals surface area contributed by atoms with Crippen molar-refractivity contribution >= 4 is 35.1 Å². The maximum absolute atomic E-state index is 13.8. The second-order valence-electron chi connectivity index (χ2n) is 8.74. The van der Waals surface area contributed by atoms with E-state index in [1.165, 1.54) is 4.57 Å². The lowest BCUT2D eigenvalue weighted by molar-refractivity contribution is 0.0732. The highest BCUT2D eigenvalue weighted by molar-refractivity contribution is 6.30. The number of aromatic nitrogens is 2. The second-order valence-corrected chi connectivity index (χ2v) is 9.62. The fraction of sp³-hybridized carbons (Fsp3) is 0.296. The Hall–Kier alpha value is -3.34. The predicted molar refractivity (Wildman–Crippen MR) is 140 cm³/mol. The zero-order chi connectivity index (χ0) is 25.8. The number of hydrogen-bond acceptors (Lipinski definition) is 4. The van der Waals surface area contributed by atoms with Crippen molar-refractivity contribution in [2.75, 3.05) is 18.5 Å². The Morgan fingerprint density at radius 1 is 1.17 bits per heavy atom. The number of terminal acetylenes is 1. The summed E-state index contributed by atoms with van der Waals surface area (Å²) >= 11 is 12.0. The van der Waals surface area contributed by atoms with Crippen molar-refractivity contribution < 1.29 is 9.18 Å². The van der Waals surface area contributed by atoms with E-state index >= 15 is 0 Å². The maximum Gasteiger partial charge on any atom is 0.261 e. The maximum atomic E-state index is 13.8. The van der Waals surface area contributed by atoms with E-state index in [1.807, 2.05) is 12.1 Å². The summed E-state index contributed by atoms with van der Waals surface area (Å²) in [5, 5.41) is 4.36. The standard InChI is InChI=1S/C27H25Cl2FN4O2/c1-3-13-34-26(36)22-16-33(25(35)19-6-10-21(29)11-7-19)14-12-23(22)31-27(34)32-24(17(2)15-30)18-4-8-20(28)9-5-18/h1,4-11,17,24H,12-16H2,2H3,(H,31,32)/t17?,24-/m0/s1. The van der Waals surface area contributed by atoms with Gasteiger partial charge in [-0.15, -0.1) is 6.42 Å². The number of carbonyl (C=O) groups excluding carboxylic acids is 1. The third kappa shape index (κ3) is 5.40. The Morgan fingerprint density at radius 3 is 2.42 bits per heavy atom. The lowest BCUT2D eigenvalue weighted by Gasteiger charge is -2.30. The molecule has 1 aromatic heterocycles. The summed E-state index contributed by atoms with van der Waals surface area (Å²) < 4.78 is 15.1. The average Bonchev–Trinajstić information content (AvgIpc) is 2.89. The normalized spacial score (nSPS) is 14.5. The Kier molecular flexibility index (Phi) is 7.97. The van der Waals surface area contributed by atoms with Gasteiger partial charge in [0, 0.05) is 34.5 Å². The van der Waals surface area contributed by atoms with Gasteiger partial charge in [0.15, 0.2) is 0 Å². The van der Waals surface area contributed by atoms with Crippen molar-refractivity contribution in [1.82, 2.24) is 14.5 Å². The van der Waals surface area contributed by atoms with Crippen molar-refractivity contribution in [1.29, 1.82) is 0 Å². The number of alkyl halides is 1. The highest BCUT2D eigenvalue weighted by Gasteiger charge is 2.28. The van der Waals surface area contributed by atoms with Crippen LogP contribution < -0.4 is 10.9 Å². The molecule has 1 unspecified atom stereocenters. The summed E-state index contributed by atoms with van der Waals surface area (Å²) in [5.74, 6) is 2.17. The van der Waals surface area contributed by atoms with Gasteiger partial charge in [-0.2, -0.15) is 0 Å². The molecule has 1 amide bonds. The van der Waals surface area contributed by atoms with Crippen LogP contribution >= 0.6 is 23.2 Å². The smallest absolute Gasteiger partial charge is 0.261 e. The van der Waals surface area contributed by atoms with Crippen LogP contribution in [0.3, 0.4) is 0 Å². The summed E-state index contributed by atoms with van der Waals surface area (Å²) in [6, 6.07) is 13.3. The molecule has 0 bridgehead atoms. The SMILES string of the molecule is C#CCn1c(N[C@H](c2ccc(Cl)cc2)C(C)CF)nc2c(c1=O)CN(C(=O)c1ccc(Cl)cc1)CC2. The molecule has 0 saturated heterocycles. The number of nitrogens with zero attached hydrogens (tertiary/aromatic N) is 3. The van der Waals surface area contributed by atoms with Crippen molar-refractivity contribution in [2.24, 2.45) is 5.92 Å². The van der Waals surface area contributed by atoms with Crippen LogP contribution in [0.2, 0.25) is 10.0 Å². The van der Waals surface area contributed by atoms with Gasteiger partial charge >= 0.3 is 0 Å². The molecule has 3 aromatic rings. The number of halogens is 3. The Labute approximate surface area is 219 Å². The lowest BCUT2D eigenvalue weighted by Crippen LogP contribution is -2.41. The van der Waals surface area contributed by atoms with E-state index in [4.69, 9.17) is 34.6 Å². The van der Waals surface area contributed by atoms with Crippen LogP contribution in [0.1, 0.15) is 40.1 Å². The number of anilines is 1. The van der Waals surface area contributed by atoms with Crippen molar-refractivity contribution in [3.8, 4) is 12.3 Å². The summed E-state index contributed by atoms with van der Waals surface area (Å²) in [7, 11) is 0. The molecule has 2 aromatic carbocycles. The largest absolute Gasteiger partial charge is 0.348 e. The molecule has 0 saturated carbocycles. The molecule has 0 fully saturated rings. The number of carbonyl (C=O) groups is 1. The van der Waals surface area contributed by atoms with Gasteiger partial charge in [0.2, 0.25) is 5.95 Å². The highest BCUT2D eigenvalue weighted by atomic mass is 35.5. The fourth-order valence-electron chi connectivity index (χ4n) is 4.26. The number of rotatable bonds is 7. The van der Waals surface area contributed by atoms with E-state index < -0.39 is 18.6 Å². The molecule has 2 heterocycles. The molecule has 0 radical (unpaired) electrons. The molecule has 1 N–H and O–H groups in total. The molecule has 4 rings (SSSR count). The fourth-order valence-corrected chi connectivity index (χ4v) is 4.52. The Balaban J connectivity index is 1.68. The van der Waals surface area contributed by atoms with Gasteiger partial charge in [-0.3, -0.25) is 18.5 Å². The van der Waals surface area contributed by atoms with Crippen LogP contribution in [0, 0.1) is 18.3 Å². The molecule has 186 valence electrons. The minimum absolute atomic E-state index is 0.0239. The van der Waals surface area contributed by atoms with E-state index in [2.05, 4.69) is 11.2 Å². The number of nitrogens with one attached hydrogen (secondary N) is 1. The van der Waals surface area contributed by atoms with Crippen LogP contribution in [-0.2, 0) is 19.5 Å². The highest BCUT2D eigenvalue weighted by Crippen LogP contribution is 2.28. The minimum atomic E-state index is -0.577. The van der Waals surface area contributed by atoms with Gasteiger partial charge in [-0.1, -0.05) is 48.2 Å². The number of amides is 1. The van der Waals surface area contributed by atoms with Gasteiger partial charge in [0.1, 0.15) is 0 Å². The van der Waals surface area contributed by atoms with Gasteiger partial charge in [-0.05, 0) is 42.0 Å². The molecule has 9 heteroatoms. The molecule has 1 aliphatic heterocycles. The summed E-state index contributed by atoms with van der Waals surface area (Å²) in [5.41, 5.74) is 1.99. The van der Waals surface area contributed by atoms with Crippen LogP contribution in [0.4, 0.5) is 10.3 Å². The third-order valence-corrected chi connectivity index (χ3v) is 6.77. The molecule has 0 spiro atoms. The average molecular weight is 527 g/mol. The first-order chi connectivity index (χ1) is 17.3. The van der Waals surface area contributed by atoms with E-state index in [0.29, 0.717) is 39.8 Å². The summed E-state index contributed by atoms with van der Waals surface area (Å²) in [4.78, 5) is 32.9. The van der Waals surface area contributed by atoms with Crippen LogP contribution in [0.25, 0.3) is 0 Å². The Morgan fingerprint density at radius 2 is 1.81 bits per heavy atom. The molecule has 6 nitrogen and oxygen atoms in total. The summed E-state index contributed by atoms with van der Waals surface area (Å²) in [6.45, 7) is 1.70. The van der Waals surface area contributed by atoms with Gasteiger partial charge < -0.3 is 10.2 Å². The molecule has 0 aliphatic carbocycles. The molecular formula is C27H25Cl2FN4O2. The van der Waals surface area contributed by atoms with E-state index in [0.717, 1.165) is 5.56 Å². The Bertz CT molecular complexity index is 1350. The predicted octanol–water partition coefficient (Wildman–Crippen LogP) is 5.14. The summed E-state index contributed by atoms with van der Waals surface area (Å²) in [6.07, 6.45) is 5.97. The third-order valence-electron chi connectivity index (χ3n) is 6.27. The first kappa shape index (κ1) is 25.7. The van der Waals surface area contributed by atoms with E-state index in [1.54, 1.807) is 48.2 Å². The zero-order valence-corrected chi connectivity index (χ0v) is 21.2. The lowest BCUT2D eigenvalue weighted by atomic mass is 9.95. The van der Waals surface area contributed by atoms with Crippen LogP contribution in [-0.4, -0.2) is 33.6 Å². The van der Waals surface area contributed by atoms with Crippen LogP contribution in [0.15, 0.2) is 53.3 Å².